The number of carbonyl (C=O) groups is 3. The number of piperazine rings is 1. The molecule has 0 saturated carbocycles. The number of rotatable bonds is 7. The minimum absolute atomic E-state index is 0.0435. The van der Waals surface area contributed by atoms with E-state index in [9.17, 15) is 14.4 Å². The Morgan fingerprint density at radius 3 is 2.26 bits per heavy atom. The third-order valence-corrected chi connectivity index (χ3v) is 6.10. The van der Waals surface area contributed by atoms with Crippen LogP contribution < -0.4 is 4.90 Å². The lowest BCUT2D eigenvalue weighted by molar-refractivity contribution is -0.134. The van der Waals surface area contributed by atoms with Gasteiger partial charge >= 0.3 is 5.97 Å². The number of anilines is 1. The van der Waals surface area contributed by atoms with E-state index in [1.54, 1.807) is 43.3 Å². The molecule has 0 aliphatic carbocycles. The molecular weight excluding hydrogens is 414 g/mol. The van der Waals surface area contributed by atoms with Gasteiger partial charge in [0.2, 0.25) is 5.91 Å². The summed E-state index contributed by atoms with van der Waals surface area (Å²) in [6.45, 7) is 2.36. The summed E-state index contributed by atoms with van der Waals surface area (Å²) >= 11 is 1.28. The van der Waals surface area contributed by atoms with Crippen LogP contribution in [0.4, 0.5) is 5.69 Å². The first-order chi connectivity index (χ1) is 15.0. The zero-order valence-electron chi connectivity index (χ0n) is 17.8. The largest absolute Gasteiger partial charge is 0.452 e. The van der Waals surface area contributed by atoms with Gasteiger partial charge in [-0.15, -0.1) is 11.8 Å². The van der Waals surface area contributed by atoms with Crippen molar-refractivity contribution in [2.45, 2.75) is 4.90 Å². The van der Waals surface area contributed by atoms with Crippen LogP contribution in [0.2, 0.25) is 0 Å². The summed E-state index contributed by atoms with van der Waals surface area (Å²) in [4.78, 5) is 43.0. The molecule has 1 saturated heterocycles. The van der Waals surface area contributed by atoms with Crippen molar-refractivity contribution in [3.63, 3.8) is 0 Å². The summed E-state index contributed by atoms with van der Waals surface area (Å²) in [5, 5.41) is 0. The Kier molecular flexibility index (Phi) is 7.94. The highest BCUT2D eigenvalue weighted by Gasteiger charge is 2.23. The van der Waals surface area contributed by atoms with E-state index in [-0.39, 0.29) is 24.2 Å². The molecule has 2 amide bonds. The Morgan fingerprint density at radius 1 is 0.935 bits per heavy atom. The van der Waals surface area contributed by atoms with Gasteiger partial charge in [-0.05, 0) is 24.3 Å². The van der Waals surface area contributed by atoms with E-state index in [1.165, 1.54) is 16.7 Å². The number of amides is 2. The van der Waals surface area contributed by atoms with Crippen LogP contribution >= 0.6 is 11.8 Å². The van der Waals surface area contributed by atoms with Gasteiger partial charge in [0.1, 0.15) is 0 Å². The molecule has 0 N–H and O–H groups in total. The maximum atomic E-state index is 12.6. The van der Waals surface area contributed by atoms with Gasteiger partial charge in [-0.3, -0.25) is 9.59 Å². The number of carbonyl (C=O) groups excluding carboxylic acids is 3. The summed E-state index contributed by atoms with van der Waals surface area (Å²) in [7, 11) is 3.38. The van der Waals surface area contributed by atoms with Crippen molar-refractivity contribution in [3.8, 4) is 0 Å². The molecule has 0 atom stereocenters. The second-order valence-electron chi connectivity index (χ2n) is 7.35. The predicted molar refractivity (Wildman–Crippen MR) is 121 cm³/mol. The van der Waals surface area contributed by atoms with E-state index in [0.29, 0.717) is 23.5 Å². The quantitative estimate of drug-likeness (QED) is 0.485. The number of hydrogen-bond donors (Lipinski definition) is 0. The SMILES string of the molecule is CN(C)C(=O)CSc1ccccc1C(=O)OCC(=O)N1CCN(c2ccccc2)CC1. The summed E-state index contributed by atoms with van der Waals surface area (Å²) in [6, 6.07) is 17.0. The lowest BCUT2D eigenvalue weighted by atomic mass is 10.2. The van der Waals surface area contributed by atoms with Crippen molar-refractivity contribution in [2.24, 2.45) is 0 Å². The number of benzene rings is 2. The standard InChI is InChI=1S/C23H27N3O4S/c1-24(2)22(28)17-31-20-11-7-6-10-19(20)23(29)30-16-21(27)26-14-12-25(13-15-26)18-8-4-3-5-9-18/h3-11H,12-17H2,1-2H3. The molecule has 31 heavy (non-hydrogen) atoms. The Hall–Kier alpha value is -3.00. The van der Waals surface area contributed by atoms with Gasteiger partial charge < -0.3 is 19.4 Å². The molecule has 2 aromatic carbocycles. The van der Waals surface area contributed by atoms with Gasteiger partial charge in [-0.1, -0.05) is 30.3 Å². The highest BCUT2D eigenvalue weighted by Crippen LogP contribution is 2.23. The summed E-state index contributed by atoms with van der Waals surface area (Å²) in [5.41, 5.74) is 1.50. The van der Waals surface area contributed by atoms with Gasteiger partial charge in [-0.2, -0.15) is 0 Å². The van der Waals surface area contributed by atoms with Crippen LogP contribution in [0.15, 0.2) is 59.5 Å². The van der Waals surface area contributed by atoms with Crippen LogP contribution in [0.3, 0.4) is 0 Å². The number of para-hydroxylation sites is 1. The molecule has 8 heteroatoms. The first kappa shape index (κ1) is 22.7. The molecule has 0 unspecified atom stereocenters. The number of hydrogen-bond acceptors (Lipinski definition) is 6. The first-order valence-corrected chi connectivity index (χ1v) is 11.1. The van der Waals surface area contributed by atoms with E-state index >= 15 is 0 Å². The van der Waals surface area contributed by atoms with Crippen LogP contribution in [0.5, 0.6) is 0 Å². The molecule has 3 rings (SSSR count). The van der Waals surface area contributed by atoms with Gasteiger partial charge in [0.15, 0.2) is 6.61 Å². The number of esters is 1. The molecule has 164 valence electrons. The molecule has 1 aliphatic heterocycles. The molecule has 1 aliphatic rings. The zero-order valence-corrected chi connectivity index (χ0v) is 18.6. The first-order valence-electron chi connectivity index (χ1n) is 10.1. The lowest BCUT2D eigenvalue weighted by Gasteiger charge is -2.36. The minimum Gasteiger partial charge on any atom is -0.452 e. The third-order valence-electron chi connectivity index (χ3n) is 5.04. The zero-order chi connectivity index (χ0) is 22.2. The highest BCUT2D eigenvalue weighted by atomic mass is 32.2. The molecule has 2 aromatic rings. The normalized spacial score (nSPS) is 13.6. The summed E-state index contributed by atoms with van der Waals surface area (Å²) in [5.74, 6) is -0.578. The van der Waals surface area contributed by atoms with Crippen molar-refractivity contribution in [3.05, 3.63) is 60.2 Å². The topological polar surface area (TPSA) is 70.2 Å². The molecular formula is C23H27N3O4S. The Labute approximate surface area is 186 Å². The third kappa shape index (κ3) is 6.24. The maximum absolute atomic E-state index is 12.6. The fraction of sp³-hybridized carbons (Fsp3) is 0.348. The molecule has 0 bridgehead atoms. The minimum atomic E-state index is -0.559. The van der Waals surface area contributed by atoms with Gasteiger partial charge in [0.25, 0.3) is 5.91 Å². The van der Waals surface area contributed by atoms with Crippen molar-refractivity contribution in [2.75, 3.05) is 57.5 Å². The van der Waals surface area contributed by atoms with Crippen LogP contribution in [-0.2, 0) is 14.3 Å². The van der Waals surface area contributed by atoms with Crippen LogP contribution in [0.1, 0.15) is 10.4 Å². The van der Waals surface area contributed by atoms with E-state index in [0.717, 1.165) is 18.8 Å². The fourth-order valence-electron chi connectivity index (χ4n) is 3.18. The second-order valence-corrected chi connectivity index (χ2v) is 8.37. The van der Waals surface area contributed by atoms with Crippen molar-refractivity contribution in [1.82, 2.24) is 9.80 Å². The highest BCUT2D eigenvalue weighted by molar-refractivity contribution is 8.00. The molecule has 7 nitrogen and oxygen atoms in total. The smallest absolute Gasteiger partial charge is 0.339 e. The van der Waals surface area contributed by atoms with Gasteiger partial charge in [0.05, 0.1) is 11.3 Å². The Balaban J connectivity index is 1.50. The Bertz CT molecular complexity index is 912. The molecule has 0 aromatic heterocycles. The number of thioether (sulfide) groups is 1. The molecule has 1 heterocycles. The van der Waals surface area contributed by atoms with Crippen molar-refractivity contribution >= 4 is 35.2 Å². The predicted octanol–water partition coefficient (Wildman–Crippen LogP) is 2.37. The average Bonchev–Trinajstić information content (AvgIpc) is 2.81. The van der Waals surface area contributed by atoms with Crippen LogP contribution in [0, 0.1) is 0 Å². The average molecular weight is 442 g/mol. The summed E-state index contributed by atoms with van der Waals surface area (Å²) < 4.78 is 5.30. The van der Waals surface area contributed by atoms with E-state index < -0.39 is 5.97 Å². The van der Waals surface area contributed by atoms with Crippen LogP contribution in [-0.4, -0.2) is 80.2 Å². The van der Waals surface area contributed by atoms with E-state index in [1.807, 2.05) is 18.2 Å². The van der Waals surface area contributed by atoms with E-state index in [4.69, 9.17) is 4.74 Å². The van der Waals surface area contributed by atoms with E-state index in [2.05, 4.69) is 17.0 Å². The Morgan fingerprint density at radius 2 is 1.58 bits per heavy atom. The maximum Gasteiger partial charge on any atom is 0.339 e. The monoisotopic (exact) mass is 441 g/mol. The fourth-order valence-corrected chi connectivity index (χ4v) is 4.20. The van der Waals surface area contributed by atoms with Crippen LogP contribution in [0.25, 0.3) is 0 Å². The van der Waals surface area contributed by atoms with Crippen molar-refractivity contribution in [1.29, 1.82) is 0 Å². The molecule has 0 spiro atoms. The number of ether oxygens (including phenoxy) is 1. The molecule has 1 fully saturated rings. The lowest BCUT2D eigenvalue weighted by Crippen LogP contribution is -2.49. The summed E-state index contributed by atoms with van der Waals surface area (Å²) in [6.07, 6.45) is 0. The second kappa shape index (κ2) is 10.9. The van der Waals surface area contributed by atoms with Gasteiger partial charge in [-0.25, -0.2) is 4.79 Å². The van der Waals surface area contributed by atoms with Gasteiger partial charge in [0, 0.05) is 50.9 Å². The molecule has 0 radical (unpaired) electrons. The number of nitrogens with zero attached hydrogens (tertiary/aromatic N) is 3. The van der Waals surface area contributed by atoms with Crippen molar-refractivity contribution < 1.29 is 19.1 Å².